The number of hydrogen-bond acceptors (Lipinski definition) is 6. The highest BCUT2D eigenvalue weighted by Gasteiger charge is 2.26. The van der Waals surface area contributed by atoms with Crippen LogP contribution < -0.4 is 5.32 Å². The first kappa shape index (κ1) is 20.2. The van der Waals surface area contributed by atoms with Crippen molar-refractivity contribution in [3.8, 4) is 11.1 Å². The van der Waals surface area contributed by atoms with Gasteiger partial charge in [0.1, 0.15) is 15.6 Å². The Hall–Kier alpha value is -2.51. The molecular weight excluding hydrogens is 438 g/mol. The van der Waals surface area contributed by atoms with Gasteiger partial charge in [0.2, 0.25) is 0 Å². The molecule has 1 N–H and O–H groups in total. The van der Waals surface area contributed by atoms with E-state index in [2.05, 4.69) is 31.5 Å². The molecule has 0 aliphatic rings. The molecule has 0 spiro atoms. The number of thiophene rings is 1. The fraction of sp³-hybridized carbons (Fsp3) is 0.190. The second-order valence-corrected chi connectivity index (χ2v) is 7.52. The number of ether oxygens (including phenoxy) is 1. The van der Waals surface area contributed by atoms with Gasteiger partial charge in [0.05, 0.1) is 12.3 Å². The third-order valence-electron chi connectivity index (χ3n) is 3.82. The minimum atomic E-state index is -0.365. The van der Waals surface area contributed by atoms with E-state index in [1.165, 1.54) is 11.3 Å². The molecule has 0 bridgehead atoms. The highest BCUT2D eigenvalue weighted by molar-refractivity contribution is 9.09. The lowest BCUT2D eigenvalue weighted by atomic mass is 10.0. The molecular formula is C21H20BrN3O2S. The predicted molar refractivity (Wildman–Crippen MR) is 119 cm³/mol. The zero-order valence-electron chi connectivity index (χ0n) is 15.4. The van der Waals surface area contributed by atoms with Crippen LogP contribution in [0.3, 0.4) is 0 Å². The molecule has 0 aliphatic carbocycles. The molecule has 28 heavy (non-hydrogen) atoms. The van der Waals surface area contributed by atoms with Gasteiger partial charge in [-0.25, -0.2) is 4.79 Å². The average Bonchev–Trinajstić information content (AvgIpc) is 3.11. The van der Waals surface area contributed by atoms with Crippen molar-refractivity contribution in [2.75, 3.05) is 23.8 Å². The maximum atomic E-state index is 12.8. The van der Waals surface area contributed by atoms with E-state index in [1.54, 1.807) is 6.92 Å². The Labute approximate surface area is 176 Å². The van der Waals surface area contributed by atoms with E-state index in [0.29, 0.717) is 23.7 Å². The summed E-state index contributed by atoms with van der Waals surface area (Å²) in [6, 6.07) is 19.3. The van der Waals surface area contributed by atoms with Crippen LogP contribution in [0.1, 0.15) is 17.3 Å². The van der Waals surface area contributed by atoms with Crippen molar-refractivity contribution < 1.29 is 9.53 Å². The molecule has 1 heterocycles. The standard InChI is InChI=1S/C21H20BrN3O2S/c1-2-27-21(26)18-17(15-9-5-3-6-10-15)20(28-19(18)23-14-13-22)25-24-16-11-7-4-8-12-16/h3-12,23H,2,13-14H2,1H3. The van der Waals surface area contributed by atoms with E-state index in [4.69, 9.17) is 4.74 Å². The number of azo groups is 1. The molecule has 2 aromatic carbocycles. The van der Waals surface area contributed by atoms with Crippen molar-refractivity contribution in [1.82, 2.24) is 0 Å². The largest absolute Gasteiger partial charge is 0.462 e. The summed E-state index contributed by atoms with van der Waals surface area (Å²) in [4.78, 5) is 12.8. The number of benzene rings is 2. The molecule has 5 nitrogen and oxygen atoms in total. The Kier molecular flexibility index (Phi) is 7.33. The van der Waals surface area contributed by atoms with Crippen LogP contribution in [0.4, 0.5) is 15.7 Å². The molecule has 3 rings (SSSR count). The van der Waals surface area contributed by atoms with Crippen molar-refractivity contribution in [1.29, 1.82) is 0 Å². The summed E-state index contributed by atoms with van der Waals surface area (Å²) in [5.41, 5.74) is 2.89. The molecule has 1 aromatic heterocycles. The van der Waals surface area contributed by atoms with Gasteiger partial charge in [-0.2, -0.15) is 0 Å². The smallest absolute Gasteiger partial charge is 0.341 e. The fourth-order valence-electron chi connectivity index (χ4n) is 2.64. The van der Waals surface area contributed by atoms with Crippen LogP contribution in [0.2, 0.25) is 0 Å². The Balaban J connectivity index is 2.14. The Bertz CT molecular complexity index is 943. The Morgan fingerprint density at radius 3 is 2.39 bits per heavy atom. The van der Waals surface area contributed by atoms with Crippen LogP contribution in [0.5, 0.6) is 0 Å². The van der Waals surface area contributed by atoms with E-state index in [9.17, 15) is 4.79 Å². The lowest BCUT2D eigenvalue weighted by Gasteiger charge is -2.08. The first-order valence-electron chi connectivity index (χ1n) is 8.90. The number of nitrogens with one attached hydrogen (secondary N) is 1. The molecule has 0 atom stereocenters. The zero-order valence-corrected chi connectivity index (χ0v) is 17.8. The number of rotatable bonds is 8. The maximum absolute atomic E-state index is 12.8. The summed E-state index contributed by atoms with van der Waals surface area (Å²) < 4.78 is 5.33. The van der Waals surface area contributed by atoms with Crippen LogP contribution in [0.15, 0.2) is 70.9 Å². The molecule has 0 amide bonds. The molecule has 0 fully saturated rings. The summed E-state index contributed by atoms with van der Waals surface area (Å²) in [7, 11) is 0. The lowest BCUT2D eigenvalue weighted by Crippen LogP contribution is -2.10. The highest BCUT2D eigenvalue weighted by atomic mass is 79.9. The quantitative estimate of drug-likeness (QED) is 0.229. The van der Waals surface area contributed by atoms with E-state index in [1.807, 2.05) is 60.7 Å². The van der Waals surface area contributed by atoms with Crippen molar-refractivity contribution in [3.05, 3.63) is 66.2 Å². The van der Waals surface area contributed by atoms with E-state index >= 15 is 0 Å². The predicted octanol–water partition coefficient (Wildman–Crippen LogP) is 6.81. The van der Waals surface area contributed by atoms with Crippen molar-refractivity contribution in [3.63, 3.8) is 0 Å². The van der Waals surface area contributed by atoms with Gasteiger partial charge in [-0.3, -0.25) is 0 Å². The molecule has 3 aromatic rings. The number of hydrogen-bond donors (Lipinski definition) is 1. The van der Waals surface area contributed by atoms with Crippen LogP contribution in [0, 0.1) is 0 Å². The molecule has 0 radical (unpaired) electrons. The molecule has 0 aliphatic heterocycles. The highest BCUT2D eigenvalue weighted by Crippen LogP contribution is 2.46. The van der Waals surface area contributed by atoms with E-state index in [0.717, 1.165) is 27.1 Å². The number of halogens is 1. The normalized spacial score (nSPS) is 10.9. The third kappa shape index (κ3) is 4.85. The molecule has 7 heteroatoms. The molecule has 0 unspecified atom stereocenters. The van der Waals surface area contributed by atoms with Gasteiger partial charge in [0.15, 0.2) is 0 Å². The van der Waals surface area contributed by atoms with Gasteiger partial charge in [0.25, 0.3) is 0 Å². The summed E-state index contributed by atoms with van der Waals surface area (Å²) in [6.45, 7) is 2.78. The van der Waals surface area contributed by atoms with Gasteiger partial charge in [0, 0.05) is 17.4 Å². The first-order chi connectivity index (χ1) is 13.7. The number of carbonyl (C=O) groups excluding carboxylic acids is 1. The Morgan fingerprint density at radius 2 is 1.75 bits per heavy atom. The number of anilines is 1. The maximum Gasteiger partial charge on any atom is 0.341 e. The van der Waals surface area contributed by atoms with E-state index < -0.39 is 0 Å². The lowest BCUT2D eigenvalue weighted by molar-refractivity contribution is 0.0529. The van der Waals surface area contributed by atoms with Crippen LogP contribution in [-0.2, 0) is 4.74 Å². The minimum absolute atomic E-state index is 0.307. The van der Waals surface area contributed by atoms with Crippen molar-refractivity contribution in [2.24, 2.45) is 10.2 Å². The summed E-state index contributed by atoms with van der Waals surface area (Å²) >= 11 is 4.82. The SMILES string of the molecule is CCOC(=O)c1c(NCCBr)sc(N=Nc2ccccc2)c1-c1ccccc1. The number of carbonyl (C=O) groups is 1. The molecule has 0 saturated carbocycles. The van der Waals surface area contributed by atoms with Crippen LogP contribution >= 0.6 is 27.3 Å². The van der Waals surface area contributed by atoms with Gasteiger partial charge in [-0.15, -0.1) is 10.2 Å². The molecule has 0 saturated heterocycles. The Morgan fingerprint density at radius 1 is 1.07 bits per heavy atom. The zero-order chi connectivity index (χ0) is 19.8. The van der Waals surface area contributed by atoms with Gasteiger partial charge >= 0.3 is 5.97 Å². The van der Waals surface area contributed by atoms with Crippen molar-refractivity contribution in [2.45, 2.75) is 6.92 Å². The van der Waals surface area contributed by atoms with Crippen LogP contribution in [0.25, 0.3) is 11.1 Å². The number of nitrogens with zero attached hydrogens (tertiary/aromatic N) is 2. The van der Waals surface area contributed by atoms with E-state index in [-0.39, 0.29) is 5.97 Å². The van der Waals surface area contributed by atoms with Gasteiger partial charge in [-0.05, 0) is 24.6 Å². The van der Waals surface area contributed by atoms with Crippen LogP contribution in [-0.4, -0.2) is 24.5 Å². The monoisotopic (exact) mass is 457 g/mol. The van der Waals surface area contributed by atoms with Gasteiger partial charge in [-0.1, -0.05) is 75.8 Å². The fourth-order valence-corrected chi connectivity index (χ4v) is 3.90. The second-order valence-electron chi connectivity index (χ2n) is 5.72. The minimum Gasteiger partial charge on any atom is -0.462 e. The number of alkyl halides is 1. The summed E-state index contributed by atoms with van der Waals surface area (Å²) in [6.07, 6.45) is 0. The summed E-state index contributed by atoms with van der Waals surface area (Å²) in [5.74, 6) is -0.365. The molecule has 144 valence electrons. The second kappa shape index (κ2) is 10.1. The average molecular weight is 458 g/mol. The van der Waals surface area contributed by atoms with Crippen molar-refractivity contribution >= 4 is 48.9 Å². The number of esters is 1. The third-order valence-corrected chi connectivity index (χ3v) is 5.25. The summed E-state index contributed by atoms with van der Waals surface area (Å²) in [5, 5.41) is 14.3. The van der Waals surface area contributed by atoms with Gasteiger partial charge < -0.3 is 10.1 Å². The topological polar surface area (TPSA) is 63.0 Å². The first-order valence-corrected chi connectivity index (χ1v) is 10.8.